The first kappa shape index (κ1) is 13.1. The summed E-state index contributed by atoms with van der Waals surface area (Å²) in [5.41, 5.74) is 1.31. The SMILES string of the molecule is CCC1CCC(=O)C(Cc2ccc(I)cc2)C1. The molecule has 17 heavy (non-hydrogen) atoms. The molecule has 0 bridgehead atoms. The summed E-state index contributed by atoms with van der Waals surface area (Å²) in [6.07, 6.45) is 5.16. The van der Waals surface area contributed by atoms with Gasteiger partial charge >= 0.3 is 0 Å². The quantitative estimate of drug-likeness (QED) is 0.752. The van der Waals surface area contributed by atoms with E-state index in [1.54, 1.807) is 0 Å². The van der Waals surface area contributed by atoms with E-state index in [4.69, 9.17) is 0 Å². The molecular formula is C15H19IO. The van der Waals surface area contributed by atoms with Gasteiger partial charge in [-0.3, -0.25) is 4.79 Å². The van der Waals surface area contributed by atoms with Crippen molar-refractivity contribution in [3.8, 4) is 0 Å². The Balaban J connectivity index is 2.01. The lowest BCUT2D eigenvalue weighted by atomic mass is 9.77. The molecule has 0 aromatic heterocycles. The van der Waals surface area contributed by atoms with Gasteiger partial charge in [-0.25, -0.2) is 0 Å². The van der Waals surface area contributed by atoms with Gasteiger partial charge in [0.05, 0.1) is 0 Å². The average molecular weight is 342 g/mol. The molecule has 2 heteroatoms. The predicted octanol–water partition coefficient (Wildman–Crippen LogP) is 4.23. The third kappa shape index (κ3) is 3.54. The van der Waals surface area contributed by atoms with Crippen LogP contribution in [-0.2, 0) is 11.2 Å². The van der Waals surface area contributed by atoms with Crippen molar-refractivity contribution in [1.82, 2.24) is 0 Å². The number of rotatable bonds is 3. The number of hydrogen-bond acceptors (Lipinski definition) is 1. The third-order valence-electron chi connectivity index (χ3n) is 3.84. The summed E-state index contributed by atoms with van der Waals surface area (Å²) in [5, 5.41) is 0. The fraction of sp³-hybridized carbons (Fsp3) is 0.533. The molecule has 92 valence electrons. The minimum atomic E-state index is 0.272. The van der Waals surface area contributed by atoms with Crippen molar-refractivity contribution >= 4 is 28.4 Å². The van der Waals surface area contributed by atoms with Gasteiger partial charge in [-0.05, 0) is 65.5 Å². The Kier molecular flexibility index (Phi) is 4.60. The number of Topliss-reactive ketones (excluding diaryl/α,β-unsaturated/α-hetero) is 1. The van der Waals surface area contributed by atoms with Crippen molar-refractivity contribution in [3.05, 3.63) is 33.4 Å². The summed E-state index contributed by atoms with van der Waals surface area (Å²) in [5.74, 6) is 1.52. The second-order valence-electron chi connectivity index (χ2n) is 5.04. The number of carbonyl (C=O) groups is 1. The molecule has 2 unspecified atom stereocenters. The van der Waals surface area contributed by atoms with Crippen LogP contribution < -0.4 is 0 Å². The van der Waals surface area contributed by atoms with Gasteiger partial charge < -0.3 is 0 Å². The van der Waals surface area contributed by atoms with Gasteiger partial charge in [0.1, 0.15) is 5.78 Å². The molecule has 1 aliphatic carbocycles. The van der Waals surface area contributed by atoms with Crippen LogP contribution in [0.15, 0.2) is 24.3 Å². The van der Waals surface area contributed by atoms with Crippen LogP contribution in [0.25, 0.3) is 0 Å². The molecule has 2 rings (SSSR count). The normalized spacial score (nSPS) is 24.9. The fourth-order valence-electron chi connectivity index (χ4n) is 2.68. The lowest BCUT2D eigenvalue weighted by Crippen LogP contribution is -2.26. The van der Waals surface area contributed by atoms with Crippen molar-refractivity contribution in [2.75, 3.05) is 0 Å². The van der Waals surface area contributed by atoms with Crippen molar-refractivity contribution in [3.63, 3.8) is 0 Å². The predicted molar refractivity (Wildman–Crippen MR) is 79.0 cm³/mol. The van der Waals surface area contributed by atoms with Crippen molar-refractivity contribution < 1.29 is 4.79 Å². The van der Waals surface area contributed by atoms with E-state index in [9.17, 15) is 4.79 Å². The molecule has 2 atom stereocenters. The summed E-state index contributed by atoms with van der Waals surface area (Å²) in [7, 11) is 0. The maximum Gasteiger partial charge on any atom is 0.136 e. The van der Waals surface area contributed by atoms with E-state index in [2.05, 4.69) is 53.8 Å². The van der Waals surface area contributed by atoms with E-state index in [0.717, 1.165) is 31.6 Å². The molecule has 1 aromatic carbocycles. The van der Waals surface area contributed by atoms with Crippen LogP contribution in [0.3, 0.4) is 0 Å². The van der Waals surface area contributed by atoms with Crippen LogP contribution in [0.1, 0.15) is 38.2 Å². The smallest absolute Gasteiger partial charge is 0.136 e. The first-order valence-corrected chi connectivity index (χ1v) is 7.54. The highest BCUT2D eigenvalue weighted by Crippen LogP contribution is 2.30. The molecule has 1 aliphatic rings. The van der Waals surface area contributed by atoms with Gasteiger partial charge in [-0.1, -0.05) is 25.5 Å². The van der Waals surface area contributed by atoms with Gasteiger partial charge in [0.2, 0.25) is 0 Å². The molecule has 0 amide bonds. The second-order valence-corrected chi connectivity index (χ2v) is 6.29. The van der Waals surface area contributed by atoms with E-state index in [1.807, 2.05) is 0 Å². The zero-order valence-electron chi connectivity index (χ0n) is 10.3. The van der Waals surface area contributed by atoms with E-state index in [1.165, 1.54) is 15.6 Å². The van der Waals surface area contributed by atoms with Crippen LogP contribution in [0, 0.1) is 15.4 Å². The molecule has 1 saturated carbocycles. The Morgan fingerprint density at radius 3 is 2.65 bits per heavy atom. The van der Waals surface area contributed by atoms with E-state index < -0.39 is 0 Å². The van der Waals surface area contributed by atoms with Crippen molar-refractivity contribution in [2.45, 2.75) is 39.0 Å². The summed E-state index contributed by atoms with van der Waals surface area (Å²) in [6, 6.07) is 8.57. The van der Waals surface area contributed by atoms with E-state index in [-0.39, 0.29) is 5.92 Å². The highest BCUT2D eigenvalue weighted by molar-refractivity contribution is 14.1. The Morgan fingerprint density at radius 1 is 1.29 bits per heavy atom. The van der Waals surface area contributed by atoms with Gasteiger partial charge in [0.15, 0.2) is 0 Å². The van der Waals surface area contributed by atoms with Crippen molar-refractivity contribution in [1.29, 1.82) is 0 Å². The number of ketones is 1. The van der Waals surface area contributed by atoms with Crippen LogP contribution in [0.2, 0.25) is 0 Å². The van der Waals surface area contributed by atoms with Crippen molar-refractivity contribution in [2.24, 2.45) is 11.8 Å². The van der Waals surface area contributed by atoms with E-state index in [0.29, 0.717) is 5.78 Å². The first-order chi connectivity index (χ1) is 8.19. The monoisotopic (exact) mass is 342 g/mol. The summed E-state index contributed by atoms with van der Waals surface area (Å²) in [6.45, 7) is 2.24. The van der Waals surface area contributed by atoms with Crippen LogP contribution in [-0.4, -0.2) is 5.78 Å². The van der Waals surface area contributed by atoms with Gasteiger partial charge in [0.25, 0.3) is 0 Å². The molecular weight excluding hydrogens is 323 g/mol. The number of hydrogen-bond donors (Lipinski definition) is 0. The number of halogens is 1. The minimum Gasteiger partial charge on any atom is -0.299 e. The topological polar surface area (TPSA) is 17.1 Å². The Bertz CT molecular complexity index is 382. The average Bonchev–Trinajstić information content (AvgIpc) is 2.35. The van der Waals surface area contributed by atoms with Crippen LogP contribution in [0.5, 0.6) is 0 Å². The zero-order chi connectivity index (χ0) is 12.3. The van der Waals surface area contributed by atoms with Crippen LogP contribution in [0.4, 0.5) is 0 Å². The molecule has 0 spiro atoms. The largest absolute Gasteiger partial charge is 0.299 e. The highest BCUT2D eigenvalue weighted by Gasteiger charge is 2.27. The molecule has 1 fully saturated rings. The number of benzene rings is 1. The fourth-order valence-corrected chi connectivity index (χ4v) is 3.03. The number of carbonyl (C=O) groups excluding carboxylic acids is 1. The molecule has 0 aliphatic heterocycles. The molecule has 1 aromatic rings. The maximum absolute atomic E-state index is 11.9. The standard InChI is InChI=1S/C15H19IO/c1-2-11-5-8-15(17)13(9-11)10-12-3-6-14(16)7-4-12/h3-4,6-7,11,13H,2,5,8-10H2,1H3. The van der Waals surface area contributed by atoms with Crippen LogP contribution >= 0.6 is 22.6 Å². The molecule has 0 saturated heterocycles. The van der Waals surface area contributed by atoms with Gasteiger partial charge in [-0.15, -0.1) is 0 Å². The summed E-state index contributed by atoms with van der Waals surface area (Å²) in [4.78, 5) is 11.9. The second kappa shape index (κ2) is 5.98. The third-order valence-corrected chi connectivity index (χ3v) is 4.56. The van der Waals surface area contributed by atoms with Gasteiger partial charge in [-0.2, -0.15) is 0 Å². The first-order valence-electron chi connectivity index (χ1n) is 6.46. The Hall–Kier alpha value is -0.380. The zero-order valence-corrected chi connectivity index (χ0v) is 12.4. The molecule has 1 nitrogen and oxygen atoms in total. The Labute approximate surface area is 117 Å². The minimum absolute atomic E-state index is 0.272. The van der Waals surface area contributed by atoms with E-state index >= 15 is 0 Å². The lowest BCUT2D eigenvalue weighted by molar-refractivity contribution is -0.125. The highest BCUT2D eigenvalue weighted by atomic mass is 127. The summed E-state index contributed by atoms with van der Waals surface area (Å²) < 4.78 is 1.26. The lowest BCUT2D eigenvalue weighted by Gasteiger charge is -2.27. The Morgan fingerprint density at radius 2 is 2.00 bits per heavy atom. The summed E-state index contributed by atoms with van der Waals surface area (Å²) >= 11 is 2.31. The molecule has 0 N–H and O–H groups in total. The maximum atomic E-state index is 11.9. The molecule has 0 radical (unpaired) electrons. The van der Waals surface area contributed by atoms with Gasteiger partial charge in [0, 0.05) is 15.9 Å². The molecule has 0 heterocycles.